The van der Waals surface area contributed by atoms with E-state index in [0.717, 1.165) is 11.3 Å². The highest BCUT2D eigenvalue weighted by atomic mass is 16.4. The van der Waals surface area contributed by atoms with Gasteiger partial charge in [0.05, 0.1) is 11.8 Å². The van der Waals surface area contributed by atoms with Crippen molar-refractivity contribution in [3.05, 3.63) is 53.3 Å². The normalized spacial score (nSPS) is 10.8. The smallest absolute Gasteiger partial charge is 0.323 e. The average Bonchev–Trinajstić information content (AvgIpc) is 2.93. The zero-order valence-electron chi connectivity index (χ0n) is 14.3. The first-order valence-electron chi connectivity index (χ1n) is 7.99. The molecule has 6 heteroatoms. The molecule has 6 nitrogen and oxygen atoms in total. The van der Waals surface area contributed by atoms with Crippen molar-refractivity contribution in [1.82, 2.24) is 14.7 Å². The molecular formula is C18H23N3O3. The van der Waals surface area contributed by atoms with Crippen molar-refractivity contribution in [1.29, 1.82) is 0 Å². The van der Waals surface area contributed by atoms with E-state index in [1.54, 1.807) is 4.68 Å². The number of nitrogens with zero attached hydrogens (tertiary/aromatic N) is 3. The largest absolute Gasteiger partial charge is 0.480 e. The lowest BCUT2D eigenvalue weighted by atomic mass is 10.1. The average molecular weight is 329 g/mol. The van der Waals surface area contributed by atoms with E-state index in [1.807, 2.05) is 51.1 Å². The van der Waals surface area contributed by atoms with Crippen LogP contribution in [-0.4, -0.2) is 44.8 Å². The molecule has 0 saturated heterocycles. The van der Waals surface area contributed by atoms with Gasteiger partial charge in [-0.05, 0) is 32.8 Å². The van der Waals surface area contributed by atoms with E-state index in [2.05, 4.69) is 5.10 Å². The van der Waals surface area contributed by atoms with Crippen LogP contribution in [-0.2, 0) is 11.2 Å². The Morgan fingerprint density at radius 2 is 1.92 bits per heavy atom. The Kier molecular flexibility index (Phi) is 5.73. The molecule has 1 N–H and O–H groups in total. The van der Waals surface area contributed by atoms with Gasteiger partial charge in [-0.1, -0.05) is 30.3 Å². The molecule has 0 spiro atoms. The summed E-state index contributed by atoms with van der Waals surface area (Å²) in [6.07, 6.45) is 2.13. The molecule has 0 fully saturated rings. The molecule has 1 amide bonds. The number of carbonyl (C=O) groups excluding carboxylic acids is 1. The lowest BCUT2D eigenvalue weighted by Crippen LogP contribution is -2.37. The lowest BCUT2D eigenvalue weighted by molar-refractivity contribution is -0.137. The van der Waals surface area contributed by atoms with Gasteiger partial charge < -0.3 is 10.0 Å². The Hall–Kier alpha value is -2.63. The lowest BCUT2D eigenvalue weighted by Gasteiger charge is -2.21. The molecule has 0 aliphatic carbocycles. The SMILES string of the molecule is Cc1c(C(=O)N(CCc2ccccc2)CC(=O)O)cnn1C(C)C. The van der Waals surface area contributed by atoms with E-state index in [9.17, 15) is 9.59 Å². The molecule has 0 saturated carbocycles. The van der Waals surface area contributed by atoms with Gasteiger partial charge in [-0.15, -0.1) is 0 Å². The standard InChI is InChI=1S/C18H23N3O3/c1-13(2)21-14(3)16(11-19-21)18(24)20(12-17(22)23)10-9-15-7-5-4-6-8-15/h4-8,11,13H,9-10,12H2,1-3H3,(H,22,23). The fourth-order valence-electron chi connectivity index (χ4n) is 2.65. The summed E-state index contributed by atoms with van der Waals surface area (Å²) >= 11 is 0. The first-order valence-corrected chi connectivity index (χ1v) is 7.99. The van der Waals surface area contributed by atoms with Crippen LogP contribution in [0.15, 0.2) is 36.5 Å². The van der Waals surface area contributed by atoms with Crippen molar-refractivity contribution in [3.8, 4) is 0 Å². The Morgan fingerprint density at radius 1 is 1.25 bits per heavy atom. The van der Waals surface area contributed by atoms with E-state index in [1.165, 1.54) is 11.1 Å². The van der Waals surface area contributed by atoms with Gasteiger partial charge in [0.2, 0.25) is 0 Å². The number of aromatic nitrogens is 2. The van der Waals surface area contributed by atoms with Crippen molar-refractivity contribution in [3.63, 3.8) is 0 Å². The first-order chi connectivity index (χ1) is 11.4. The van der Waals surface area contributed by atoms with Crippen LogP contribution in [0.1, 0.15) is 41.5 Å². The van der Waals surface area contributed by atoms with Crippen molar-refractivity contribution in [2.45, 2.75) is 33.2 Å². The van der Waals surface area contributed by atoms with Crippen LogP contribution in [0.4, 0.5) is 0 Å². The molecule has 1 aromatic carbocycles. The molecular weight excluding hydrogens is 306 g/mol. The third-order valence-corrected chi connectivity index (χ3v) is 3.89. The van der Waals surface area contributed by atoms with Gasteiger partial charge in [-0.25, -0.2) is 0 Å². The topological polar surface area (TPSA) is 75.4 Å². The molecule has 0 bridgehead atoms. The summed E-state index contributed by atoms with van der Waals surface area (Å²) in [5.41, 5.74) is 2.28. The van der Waals surface area contributed by atoms with E-state index in [-0.39, 0.29) is 18.5 Å². The molecule has 0 aliphatic rings. The monoisotopic (exact) mass is 329 g/mol. The van der Waals surface area contributed by atoms with E-state index >= 15 is 0 Å². The zero-order valence-corrected chi connectivity index (χ0v) is 14.3. The molecule has 0 aliphatic heterocycles. The molecule has 1 heterocycles. The quantitative estimate of drug-likeness (QED) is 0.847. The van der Waals surface area contributed by atoms with Crippen LogP contribution in [0.3, 0.4) is 0 Å². The maximum absolute atomic E-state index is 12.8. The minimum Gasteiger partial charge on any atom is -0.480 e. The van der Waals surface area contributed by atoms with Gasteiger partial charge in [-0.3, -0.25) is 14.3 Å². The van der Waals surface area contributed by atoms with Crippen LogP contribution in [0.2, 0.25) is 0 Å². The van der Waals surface area contributed by atoms with Crippen molar-refractivity contribution in [2.24, 2.45) is 0 Å². The predicted octanol–water partition coefficient (Wildman–Crippen LogP) is 2.54. The number of carbonyl (C=O) groups is 2. The van der Waals surface area contributed by atoms with E-state index in [4.69, 9.17) is 5.11 Å². The minimum absolute atomic E-state index is 0.142. The number of carboxylic acid groups (broad SMARTS) is 1. The van der Waals surface area contributed by atoms with Crippen molar-refractivity contribution in [2.75, 3.05) is 13.1 Å². The second kappa shape index (κ2) is 7.77. The van der Waals surface area contributed by atoms with Gasteiger partial charge in [-0.2, -0.15) is 5.10 Å². The number of benzene rings is 1. The minimum atomic E-state index is -1.02. The Balaban J connectivity index is 2.17. The van der Waals surface area contributed by atoms with Gasteiger partial charge >= 0.3 is 5.97 Å². The molecule has 2 rings (SSSR count). The third-order valence-electron chi connectivity index (χ3n) is 3.89. The maximum atomic E-state index is 12.8. The zero-order chi connectivity index (χ0) is 17.7. The molecule has 24 heavy (non-hydrogen) atoms. The summed E-state index contributed by atoms with van der Waals surface area (Å²) in [6, 6.07) is 9.85. The van der Waals surface area contributed by atoms with E-state index < -0.39 is 5.97 Å². The number of carboxylic acids is 1. The van der Waals surface area contributed by atoms with Crippen LogP contribution in [0.5, 0.6) is 0 Å². The molecule has 2 aromatic rings. The summed E-state index contributed by atoms with van der Waals surface area (Å²) in [5, 5.41) is 13.4. The van der Waals surface area contributed by atoms with Crippen molar-refractivity contribution >= 4 is 11.9 Å². The number of hydrogen-bond donors (Lipinski definition) is 1. The van der Waals surface area contributed by atoms with Gasteiger partial charge in [0.15, 0.2) is 0 Å². The first kappa shape index (κ1) is 17.7. The maximum Gasteiger partial charge on any atom is 0.323 e. The number of rotatable bonds is 7. The van der Waals surface area contributed by atoms with Crippen LogP contribution >= 0.6 is 0 Å². The van der Waals surface area contributed by atoms with Crippen LogP contribution in [0, 0.1) is 6.92 Å². The number of aliphatic carboxylic acids is 1. The Bertz CT molecular complexity index is 708. The van der Waals surface area contributed by atoms with Crippen molar-refractivity contribution < 1.29 is 14.7 Å². The van der Waals surface area contributed by atoms with Gasteiger partial charge in [0, 0.05) is 18.3 Å². The summed E-state index contributed by atoms with van der Waals surface area (Å²) in [5.74, 6) is -1.32. The van der Waals surface area contributed by atoms with Crippen LogP contribution in [0.25, 0.3) is 0 Å². The molecule has 128 valence electrons. The Morgan fingerprint density at radius 3 is 2.46 bits per heavy atom. The second-order valence-corrected chi connectivity index (χ2v) is 6.04. The highest BCUT2D eigenvalue weighted by molar-refractivity contribution is 5.96. The van der Waals surface area contributed by atoms with Gasteiger partial charge in [0.1, 0.15) is 6.54 Å². The predicted molar refractivity (Wildman–Crippen MR) is 91.0 cm³/mol. The number of amides is 1. The molecule has 0 unspecified atom stereocenters. The van der Waals surface area contributed by atoms with Gasteiger partial charge in [0.25, 0.3) is 5.91 Å². The van der Waals surface area contributed by atoms with Crippen LogP contribution < -0.4 is 0 Å². The third kappa shape index (κ3) is 4.22. The molecule has 1 aromatic heterocycles. The highest BCUT2D eigenvalue weighted by Gasteiger charge is 2.23. The second-order valence-electron chi connectivity index (χ2n) is 6.04. The highest BCUT2D eigenvalue weighted by Crippen LogP contribution is 2.15. The van der Waals surface area contributed by atoms with E-state index in [0.29, 0.717) is 18.5 Å². The summed E-state index contributed by atoms with van der Waals surface area (Å²) in [7, 11) is 0. The summed E-state index contributed by atoms with van der Waals surface area (Å²) in [4.78, 5) is 25.3. The fraction of sp³-hybridized carbons (Fsp3) is 0.389. The summed E-state index contributed by atoms with van der Waals surface area (Å²) < 4.78 is 1.77. The molecule has 0 atom stereocenters. The Labute approximate surface area is 141 Å². The fourth-order valence-corrected chi connectivity index (χ4v) is 2.65. The summed E-state index contributed by atoms with van der Waals surface area (Å²) in [6.45, 7) is 5.83. The molecule has 0 radical (unpaired) electrons. The number of hydrogen-bond acceptors (Lipinski definition) is 3.